The maximum absolute atomic E-state index is 10.7. The van der Waals surface area contributed by atoms with Gasteiger partial charge in [0, 0.05) is 0 Å². The molecule has 0 saturated heterocycles. The summed E-state index contributed by atoms with van der Waals surface area (Å²) in [6.45, 7) is 0. The molecule has 74 valence electrons. The predicted molar refractivity (Wildman–Crippen MR) is 55.9 cm³/mol. The molecule has 0 spiro atoms. The van der Waals surface area contributed by atoms with Gasteiger partial charge in [0.25, 0.3) is 0 Å². The van der Waals surface area contributed by atoms with Gasteiger partial charge in [-0.2, -0.15) is 0 Å². The zero-order valence-electron chi connectivity index (χ0n) is 8.20. The van der Waals surface area contributed by atoms with Gasteiger partial charge < -0.3 is 5.73 Å². The first-order valence-electron chi connectivity index (χ1n) is 5.13. The van der Waals surface area contributed by atoms with Gasteiger partial charge in [-0.15, -0.1) is 0 Å². The molecule has 0 bridgehead atoms. The smallest absolute Gasteiger partial charge is 0.221 e. The number of benzene rings is 1. The standard InChI is InChI=1S/C12H15NO/c13-12(14)8-9-4-6-11(7-5-9)10-2-1-3-10/h4-7,10H,1-3,8H2,(H2,13,14). The van der Waals surface area contributed by atoms with Crippen molar-refractivity contribution in [3.05, 3.63) is 35.4 Å². The molecule has 1 aliphatic carbocycles. The van der Waals surface area contributed by atoms with Crippen molar-refractivity contribution in [2.75, 3.05) is 0 Å². The van der Waals surface area contributed by atoms with Crippen LogP contribution in [-0.2, 0) is 11.2 Å². The largest absolute Gasteiger partial charge is 0.369 e. The van der Waals surface area contributed by atoms with Crippen LogP contribution in [0.5, 0.6) is 0 Å². The van der Waals surface area contributed by atoms with Gasteiger partial charge in [-0.25, -0.2) is 0 Å². The highest BCUT2D eigenvalue weighted by Crippen LogP contribution is 2.36. The van der Waals surface area contributed by atoms with Crippen LogP contribution in [0.3, 0.4) is 0 Å². The molecule has 0 radical (unpaired) electrons. The number of nitrogens with two attached hydrogens (primary N) is 1. The normalized spacial score (nSPS) is 16.3. The Bertz CT molecular complexity index is 325. The Morgan fingerprint density at radius 2 is 1.93 bits per heavy atom. The van der Waals surface area contributed by atoms with Crippen LogP contribution in [0.15, 0.2) is 24.3 Å². The summed E-state index contributed by atoms with van der Waals surface area (Å²) >= 11 is 0. The third-order valence-electron chi connectivity index (χ3n) is 2.93. The number of carbonyl (C=O) groups is 1. The van der Waals surface area contributed by atoms with E-state index in [1.165, 1.54) is 24.8 Å². The van der Waals surface area contributed by atoms with Crippen molar-refractivity contribution in [2.24, 2.45) is 5.73 Å². The van der Waals surface area contributed by atoms with E-state index in [1.54, 1.807) is 0 Å². The second-order valence-electron chi connectivity index (χ2n) is 4.01. The Kier molecular flexibility index (Phi) is 2.53. The molecule has 0 atom stereocenters. The van der Waals surface area contributed by atoms with E-state index < -0.39 is 0 Å². The van der Waals surface area contributed by atoms with Crippen LogP contribution in [0.2, 0.25) is 0 Å². The van der Waals surface area contributed by atoms with Crippen molar-refractivity contribution in [3.63, 3.8) is 0 Å². The fourth-order valence-electron chi connectivity index (χ4n) is 1.85. The van der Waals surface area contributed by atoms with Crippen molar-refractivity contribution in [1.29, 1.82) is 0 Å². The lowest BCUT2D eigenvalue weighted by atomic mass is 9.80. The summed E-state index contributed by atoms with van der Waals surface area (Å²) < 4.78 is 0. The maximum atomic E-state index is 10.7. The zero-order valence-corrected chi connectivity index (χ0v) is 8.20. The highest BCUT2D eigenvalue weighted by atomic mass is 16.1. The average molecular weight is 189 g/mol. The highest BCUT2D eigenvalue weighted by Gasteiger charge is 2.18. The van der Waals surface area contributed by atoms with Crippen LogP contribution in [0.1, 0.15) is 36.3 Å². The Labute approximate surface area is 84.1 Å². The number of hydrogen-bond donors (Lipinski definition) is 1. The number of hydrogen-bond acceptors (Lipinski definition) is 1. The quantitative estimate of drug-likeness (QED) is 0.776. The van der Waals surface area contributed by atoms with Gasteiger partial charge in [-0.1, -0.05) is 30.7 Å². The summed E-state index contributed by atoms with van der Waals surface area (Å²) in [4.78, 5) is 10.7. The molecule has 2 nitrogen and oxygen atoms in total. The minimum absolute atomic E-state index is 0.263. The molecule has 1 aromatic carbocycles. The third-order valence-corrected chi connectivity index (χ3v) is 2.93. The molecule has 1 fully saturated rings. The van der Waals surface area contributed by atoms with Gasteiger partial charge in [0.2, 0.25) is 5.91 Å². The van der Waals surface area contributed by atoms with Crippen molar-refractivity contribution in [2.45, 2.75) is 31.6 Å². The lowest BCUT2D eigenvalue weighted by Crippen LogP contribution is -2.14. The SMILES string of the molecule is NC(=O)Cc1ccc(C2CCC2)cc1. The summed E-state index contributed by atoms with van der Waals surface area (Å²) in [5.74, 6) is 0.499. The summed E-state index contributed by atoms with van der Waals surface area (Å²) in [5.41, 5.74) is 7.54. The predicted octanol–water partition coefficient (Wildman–Crippen LogP) is 1.98. The van der Waals surface area contributed by atoms with Crippen LogP contribution >= 0.6 is 0 Å². The molecule has 1 aromatic rings. The lowest BCUT2D eigenvalue weighted by molar-refractivity contribution is -0.117. The molecule has 2 heteroatoms. The van der Waals surface area contributed by atoms with Gasteiger partial charge in [0.05, 0.1) is 6.42 Å². The van der Waals surface area contributed by atoms with Gasteiger partial charge in [0.1, 0.15) is 0 Å². The van der Waals surface area contributed by atoms with E-state index in [0.29, 0.717) is 6.42 Å². The average Bonchev–Trinajstić information content (AvgIpc) is 2.04. The summed E-state index contributed by atoms with van der Waals surface area (Å²) in [6.07, 6.45) is 4.34. The van der Waals surface area contributed by atoms with Crippen molar-refractivity contribution < 1.29 is 4.79 Å². The van der Waals surface area contributed by atoms with Crippen LogP contribution in [0, 0.1) is 0 Å². The fraction of sp³-hybridized carbons (Fsp3) is 0.417. The molecule has 14 heavy (non-hydrogen) atoms. The molecular weight excluding hydrogens is 174 g/mol. The monoisotopic (exact) mass is 189 g/mol. The van der Waals surface area contributed by atoms with E-state index in [9.17, 15) is 4.79 Å². The molecule has 1 amide bonds. The molecule has 0 unspecified atom stereocenters. The maximum Gasteiger partial charge on any atom is 0.221 e. The Hall–Kier alpha value is -1.31. The van der Waals surface area contributed by atoms with Gasteiger partial charge in [-0.05, 0) is 29.9 Å². The van der Waals surface area contributed by atoms with Crippen LogP contribution in [-0.4, -0.2) is 5.91 Å². The zero-order chi connectivity index (χ0) is 9.97. The van der Waals surface area contributed by atoms with E-state index in [2.05, 4.69) is 12.1 Å². The van der Waals surface area contributed by atoms with E-state index in [0.717, 1.165) is 11.5 Å². The molecule has 1 saturated carbocycles. The topological polar surface area (TPSA) is 43.1 Å². The Morgan fingerprint density at radius 1 is 1.29 bits per heavy atom. The van der Waals surface area contributed by atoms with Gasteiger partial charge >= 0.3 is 0 Å². The number of rotatable bonds is 3. The molecule has 2 rings (SSSR count). The molecular formula is C12H15NO. The second-order valence-corrected chi connectivity index (χ2v) is 4.01. The molecule has 0 aliphatic heterocycles. The minimum atomic E-state index is -0.263. The van der Waals surface area contributed by atoms with Gasteiger partial charge in [-0.3, -0.25) is 4.79 Å². The first kappa shape index (κ1) is 9.25. The minimum Gasteiger partial charge on any atom is -0.369 e. The molecule has 0 heterocycles. The van der Waals surface area contributed by atoms with E-state index >= 15 is 0 Å². The Morgan fingerprint density at radius 3 is 2.36 bits per heavy atom. The van der Waals surface area contributed by atoms with Crippen molar-refractivity contribution >= 4 is 5.91 Å². The van der Waals surface area contributed by atoms with Gasteiger partial charge in [0.15, 0.2) is 0 Å². The van der Waals surface area contributed by atoms with Crippen LogP contribution in [0.4, 0.5) is 0 Å². The second kappa shape index (κ2) is 3.82. The van der Waals surface area contributed by atoms with Crippen LogP contribution < -0.4 is 5.73 Å². The van der Waals surface area contributed by atoms with Crippen LogP contribution in [0.25, 0.3) is 0 Å². The summed E-state index contributed by atoms with van der Waals surface area (Å²) in [7, 11) is 0. The highest BCUT2D eigenvalue weighted by molar-refractivity contribution is 5.76. The molecule has 2 N–H and O–H groups in total. The fourth-order valence-corrected chi connectivity index (χ4v) is 1.85. The number of carbonyl (C=O) groups excluding carboxylic acids is 1. The first-order valence-corrected chi connectivity index (χ1v) is 5.13. The Balaban J connectivity index is 2.05. The summed E-state index contributed by atoms with van der Waals surface area (Å²) in [5, 5.41) is 0. The first-order chi connectivity index (χ1) is 6.75. The van der Waals surface area contributed by atoms with E-state index in [4.69, 9.17) is 5.73 Å². The third kappa shape index (κ3) is 1.95. The molecule has 0 aromatic heterocycles. The molecule has 1 aliphatic rings. The van der Waals surface area contributed by atoms with Crippen molar-refractivity contribution in [1.82, 2.24) is 0 Å². The number of amides is 1. The lowest BCUT2D eigenvalue weighted by Gasteiger charge is -2.25. The van der Waals surface area contributed by atoms with E-state index in [1.807, 2.05) is 12.1 Å². The summed E-state index contributed by atoms with van der Waals surface area (Å²) in [6, 6.07) is 8.28. The number of primary amides is 1. The van der Waals surface area contributed by atoms with Crippen molar-refractivity contribution in [3.8, 4) is 0 Å². The van der Waals surface area contributed by atoms with E-state index in [-0.39, 0.29) is 5.91 Å².